The molecule has 1 aromatic carbocycles. The number of hydrogen-bond acceptors (Lipinski definition) is 7. The van der Waals surface area contributed by atoms with Gasteiger partial charge in [0.25, 0.3) is 0 Å². The lowest BCUT2D eigenvalue weighted by Gasteiger charge is -2.37. The van der Waals surface area contributed by atoms with Gasteiger partial charge in [0.15, 0.2) is 5.17 Å². The lowest BCUT2D eigenvalue weighted by Crippen LogP contribution is -2.47. The molecular formula is C25H29F3N4O3S. The molecule has 1 fully saturated rings. The van der Waals surface area contributed by atoms with Crippen molar-refractivity contribution in [2.45, 2.75) is 45.5 Å². The average Bonchev–Trinajstić information content (AvgIpc) is 3.19. The Labute approximate surface area is 212 Å². The maximum Gasteiger partial charge on any atom is 0.416 e. The fourth-order valence-corrected chi connectivity index (χ4v) is 5.36. The highest BCUT2D eigenvalue weighted by Gasteiger charge is 2.42. The topological polar surface area (TPSA) is 65.5 Å². The lowest BCUT2D eigenvalue weighted by molar-refractivity contribution is -0.143. The molecule has 0 spiro atoms. The summed E-state index contributed by atoms with van der Waals surface area (Å²) >= 11 is 1.33. The number of thioether (sulfide) groups is 1. The number of nitrogens with zero attached hydrogens (tertiary/aromatic N) is 4. The fourth-order valence-electron chi connectivity index (χ4n) is 4.40. The fraction of sp³-hybridized carbons (Fsp3) is 0.480. The molecule has 3 aliphatic heterocycles. The first-order chi connectivity index (χ1) is 17.0. The molecular weight excluding hydrogens is 493 g/mol. The Morgan fingerprint density at radius 3 is 2.36 bits per heavy atom. The number of amides is 1. The van der Waals surface area contributed by atoms with Gasteiger partial charge in [-0.05, 0) is 50.9 Å². The van der Waals surface area contributed by atoms with Crippen LogP contribution in [0.25, 0.3) is 0 Å². The molecule has 1 atom stereocenters. The van der Waals surface area contributed by atoms with Gasteiger partial charge in [-0.25, -0.2) is 9.79 Å². The second-order valence-electron chi connectivity index (χ2n) is 9.33. The van der Waals surface area contributed by atoms with E-state index >= 15 is 0 Å². The van der Waals surface area contributed by atoms with Crippen LogP contribution >= 0.6 is 11.8 Å². The van der Waals surface area contributed by atoms with Gasteiger partial charge in [0, 0.05) is 31.9 Å². The normalized spacial score (nSPS) is 20.9. The van der Waals surface area contributed by atoms with Gasteiger partial charge < -0.3 is 19.4 Å². The smallest absolute Gasteiger partial charge is 0.416 e. The third-order valence-electron chi connectivity index (χ3n) is 6.31. The highest BCUT2D eigenvalue weighted by Crippen LogP contribution is 2.45. The molecule has 4 rings (SSSR count). The largest absolute Gasteiger partial charge is 0.459 e. The molecule has 1 saturated heterocycles. The van der Waals surface area contributed by atoms with Gasteiger partial charge in [0.2, 0.25) is 5.91 Å². The highest BCUT2D eigenvalue weighted by molar-refractivity contribution is 8.16. The van der Waals surface area contributed by atoms with Crippen LogP contribution in [0, 0.1) is 0 Å². The molecule has 7 nitrogen and oxygen atoms in total. The summed E-state index contributed by atoms with van der Waals surface area (Å²) in [6, 6.07) is 3.98. The van der Waals surface area contributed by atoms with Crippen molar-refractivity contribution >= 4 is 28.8 Å². The first kappa shape index (κ1) is 26.3. The van der Waals surface area contributed by atoms with Crippen LogP contribution in [0.3, 0.4) is 0 Å². The molecule has 0 bridgehead atoms. The van der Waals surface area contributed by atoms with Crippen LogP contribution in [-0.2, 0) is 20.5 Å². The lowest BCUT2D eigenvalue weighted by atomic mass is 9.93. The zero-order valence-corrected chi connectivity index (χ0v) is 21.4. The van der Waals surface area contributed by atoms with Crippen molar-refractivity contribution in [3.63, 3.8) is 0 Å². The van der Waals surface area contributed by atoms with Crippen LogP contribution in [0.2, 0.25) is 0 Å². The SMILES string of the molecule is CC1=C(C(=O)OC(C)C)[C@@H](c2ccc(C(F)(F)F)cc2)N2C(CC(=O)N3CCN(C)CC3)=CSC2=N1. The Kier molecular flexibility index (Phi) is 7.51. The maximum atomic E-state index is 13.2. The van der Waals surface area contributed by atoms with Gasteiger partial charge in [-0.1, -0.05) is 23.9 Å². The molecule has 3 aliphatic rings. The standard InChI is InChI=1S/C25H29F3N4O3S/c1-15(2)35-23(34)21-16(3)29-24-32(22(21)17-5-7-18(8-6-17)25(26,27)28)19(14-36-24)13-20(33)31-11-9-30(4)10-12-31/h5-8,14-15,22H,9-13H2,1-4H3/t22-/m1/s1. The zero-order valence-electron chi connectivity index (χ0n) is 20.6. The predicted octanol–water partition coefficient (Wildman–Crippen LogP) is 4.40. The number of hydrogen-bond donors (Lipinski definition) is 0. The molecule has 0 aromatic heterocycles. The van der Waals surface area contributed by atoms with E-state index in [1.165, 1.54) is 23.9 Å². The molecule has 11 heteroatoms. The minimum absolute atomic E-state index is 0.0417. The van der Waals surface area contributed by atoms with Crippen LogP contribution < -0.4 is 0 Å². The van der Waals surface area contributed by atoms with E-state index in [0.717, 1.165) is 25.2 Å². The maximum absolute atomic E-state index is 13.2. The molecule has 0 unspecified atom stereocenters. The number of aliphatic imine (C=N–C) groups is 1. The van der Waals surface area contributed by atoms with Crippen LogP contribution in [0.5, 0.6) is 0 Å². The van der Waals surface area contributed by atoms with Gasteiger partial charge in [-0.15, -0.1) is 0 Å². The average molecular weight is 523 g/mol. The summed E-state index contributed by atoms with van der Waals surface area (Å²) in [5, 5.41) is 2.40. The van der Waals surface area contributed by atoms with Crippen molar-refractivity contribution in [2.24, 2.45) is 4.99 Å². The molecule has 0 aliphatic carbocycles. The number of alkyl halides is 3. The first-order valence-electron chi connectivity index (χ1n) is 11.7. The quantitative estimate of drug-likeness (QED) is 0.535. The Balaban J connectivity index is 1.69. The van der Waals surface area contributed by atoms with E-state index in [1.54, 1.807) is 25.7 Å². The third kappa shape index (κ3) is 5.46. The number of rotatable bonds is 5. The number of piperazine rings is 1. The van der Waals surface area contributed by atoms with E-state index in [1.807, 2.05) is 17.4 Å². The predicted molar refractivity (Wildman–Crippen MR) is 132 cm³/mol. The molecule has 194 valence electrons. The number of benzene rings is 1. The van der Waals surface area contributed by atoms with E-state index < -0.39 is 29.9 Å². The summed E-state index contributed by atoms with van der Waals surface area (Å²) in [4.78, 5) is 36.6. The Bertz CT molecular complexity index is 1120. The minimum atomic E-state index is -4.48. The Morgan fingerprint density at radius 1 is 1.14 bits per heavy atom. The van der Waals surface area contributed by atoms with Crippen molar-refractivity contribution in [2.75, 3.05) is 33.2 Å². The summed E-state index contributed by atoms with van der Waals surface area (Å²) in [7, 11) is 2.01. The minimum Gasteiger partial charge on any atom is -0.459 e. The number of carbonyl (C=O) groups excluding carboxylic acids is 2. The number of halogens is 3. The van der Waals surface area contributed by atoms with Crippen LogP contribution in [0.4, 0.5) is 13.2 Å². The third-order valence-corrected chi connectivity index (χ3v) is 7.19. The highest BCUT2D eigenvalue weighted by atomic mass is 32.2. The van der Waals surface area contributed by atoms with E-state index in [2.05, 4.69) is 9.89 Å². The first-order valence-corrected chi connectivity index (χ1v) is 12.6. The Morgan fingerprint density at radius 2 is 1.78 bits per heavy atom. The molecule has 36 heavy (non-hydrogen) atoms. The van der Waals surface area contributed by atoms with E-state index in [9.17, 15) is 22.8 Å². The van der Waals surface area contributed by atoms with Crippen LogP contribution in [0.1, 0.15) is 44.4 Å². The Hall–Kier alpha value is -2.79. The van der Waals surface area contributed by atoms with Gasteiger partial charge in [-0.2, -0.15) is 13.2 Å². The summed E-state index contributed by atoms with van der Waals surface area (Å²) < 4.78 is 45.2. The second-order valence-corrected chi connectivity index (χ2v) is 10.2. The number of amidine groups is 1. The molecule has 0 N–H and O–H groups in total. The van der Waals surface area contributed by atoms with Crippen molar-refractivity contribution in [3.8, 4) is 0 Å². The molecule has 1 amide bonds. The van der Waals surface area contributed by atoms with Crippen LogP contribution in [-0.4, -0.2) is 71.1 Å². The second kappa shape index (κ2) is 10.3. The summed E-state index contributed by atoms with van der Waals surface area (Å²) in [5.74, 6) is -0.628. The monoisotopic (exact) mass is 522 g/mol. The van der Waals surface area contributed by atoms with Gasteiger partial charge in [0.1, 0.15) is 0 Å². The number of fused-ring (bicyclic) bond motifs is 1. The molecule has 1 aromatic rings. The zero-order chi connectivity index (χ0) is 26.2. The van der Waals surface area contributed by atoms with E-state index in [0.29, 0.717) is 35.2 Å². The van der Waals surface area contributed by atoms with Gasteiger partial charge >= 0.3 is 12.1 Å². The van der Waals surface area contributed by atoms with E-state index in [-0.39, 0.29) is 17.9 Å². The van der Waals surface area contributed by atoms with Crippen molar-refractivity contribution in [3.05, 3.63) is 57.8 Å². The van der Waals surface area contributed by atoms with E-state index in [4.69, 9.17) is 4.74 Å². The summed E-state index contributed by atoms with van der Waals surface area (Å²) in [6.45, 7) is 7.98. The number of carbonyl (C=O) groups is 2. The number of esters is 1. The summed E-state index contributed by atoms with van der Waals surface area (Å²) in [5.41, 5.74) is 1.03. The molecule has 0 saturated carbocycles. The van der Waals surface area contributed by atoms with Gasteiger partial charge in [0.05, 0.1) is 35.4 Å². The van der Waals surface area contributed by atoms with Gasteiger partial charge in [-0.3, -0.25) is 4.79 Å². The van der Waals surface area contributed by atoms with Crippen molar-refractivity contribution in [1.82, 2.24) is 14.7 Å². The van der Waals surface area contributed by atoms with Crippen LogP contribution in [0.15, 0.2) is 51.6 Å². The van der Waals surface area contributed by atoms with Crippen molar-refractivity contribution in [1.29, 1.82) is 0 Å². The molecule has 3 heterocycles. The number of allylic oxidation sites excluding steroid dienone is 1. The number of ether oxygens (including phenoxy) is 1. The molecule has 0 radical (unpaired) electrons. The van der Waals surface area contributed by atoms with Crippen molar-refractivity contribution < 1.29 is 27.5 Å². The summed E-state index contributed by atoms with van der Waals surface area (Å²) in [6.07, 6.45) is -4.77. The number of likely N-dealkylation sites (N-methyl/N-ethyl adjacent to an activating group) is 1.